The first-order chi connectivity index (χ1) is 12.2. The number of carbonyl (C=O) groups is 2. The Morgan fingerprint density at radius 2 is 1.64 bits per heavy atom. The van der Waals surface area contributed by atoms with Gasteiger partial charge in [-0.2, -0.15) is 0 Å². The molecule has 0 saturated heterocycles. The fraction of sp³-hybridized carbons (Fsp3) is 0.333. The molecule has 25 heavy (non-hydrogen) atoms. The lowest BCUT2D eigenvalue weighted by Crippen LogP contribution is -2.34. The number of ether oxygens (including phenoxy) is 2. The molecule has 1 aromatic heterocycles. The third-order valence-electron chi connectivity index (χ3n) is 3.25. The summed E-state index contributed by atoms with van der Waals surface area (Å²) >= 11 is 0. The Labute approximate surface area is 146 Å². The van der Waals surface area contributed by atoms with Crippen LogP contribution in [0.4, 0.5) is 0 Å². The summed E-state index contributed by atoms with van der Waals surface area (Å²) in [7, 11) is 0. The summed E-state index contributed by atoms with van der Waals surface area (Å²) in [5, 5.41) is 5.40. The van der Waals surface area contributed by atoms with E-state index >= 15 is 0 Å². The normalized spacial score (nSPS) is 10.2. The van der Waals surface area contributed by atoms with Gasteiger partial charge in [-0.25, -0.2) is 0 Å². The van der Waals surface area contributed by atoms with Crippen molar-refractivity contribution in [2.75, 3.05) is 26.3 Å². The molecule has 0 unspecified atom stereocenters. The molecule has 0 spiro atoms. The second-order valence-electron chi connectivity index (χ2n) is 5.02. The van der Waals surface area contributed by atoms with E-state index in [9.17, 15) is 9.59 Å². The third kappa shape index (κ3) is 5.27. The molecule has 0 atom stereocenters. The van der Waals surface area contributed by atoms with Crippen LogP contribution >= 0.6 is 0 Å². The van der Waals surface area contributed by atoms with Gasteiger partial charge in [0.05, 0.1) is 19.5 Å². The van der Waals surface area contributed by atoms with Crippen LogP contribution in [0.15, 0.2) is 41.0 Å². The summed E-state index contributed by atoms with van der Waals surface area (Å²) in [5.74, 6) is 0.795. The van der Waals surface area contributed by atoms with Crippen LogP contribution in [-0.4, -0.2) is 38.1 Å². The van der Waals surface area contributed by atoms with Crippen molar-refractivity contribution in [2.45, 2.75) is 13.8 Å². The zero-order valence-corrected chi connectivity index (χ0v) is 14.3. The number of nitrogens with one attached hydrogen (secondary N) is 2. The fourth-order valence-electron chi connectivity index (χ4n) is 2.14. The number of furan rings is 1. The maximum absolute atomic E-state index is 12.2. The minimum Gasteiger partial charge on any atom is -0.490 e. The molecule has 0 aliphatic carbocycles. The lowest BCUT2D eigenvalue weighted by atomic mass is 10.2. The van der Waals surface area contributed by atoms with Crippen LogP contribution < -0.4 is 20.1 Å². The largest absolute Gasteiger partial charge is 0.490 e. The number of benzene rings is 1. The second-order valence-corrected chi connectivity index (χ2v) is 5.02. The molecule has 0 fully saturated rings. The van der Waals surface area contributed by atoms with Crippen molar-refractivity contribution in [2.24, 2.45) is 0 Å². The van der Waals surface area contributed by atoms with E-state index in [-0.39, 0.29) is 17.6 Å². The molecule has 2 rings (SSSR count). The summed E-state index contributed by atoms with van der Waals surface area (Å²) in [4.78, 5) is 23.9. The van der Waals surface area contributed by atoms with Crippen LogP contribution in [0.1, 0.15) is 34.8 Å². The molecule has 1 heterocycles. The van der Waals surface area contributed by atoms with Crippen LogP contribution in [0, 0.1) is 0 Å². The molecule has 2 amide bonds. The predicted octanol–water partition coefficient (Wildman–Crippen LogP) is 2.24. The summed E-state index contributed by atoms with van der Waals surface area (Å²) in [6.45, 7) is 5.32. The van der Waals surface area contributed by atoms with Crippen molar-refractivity contribution in [3.8, 4) is 11.5 Å². The van der Waals surface area contributed by atoms with Crippen molar-refractivity contribution in [1.82, 2.24) is 10.6 Å². The lowest BCUT2D eigenvalue weighted by molar-refractivity contribution is 0.0910. The van der Waals surface area contributed by atoms with Crippen molar-refractivity contribution in [1.29, 1.82) is 0 Å². The van der Waals surface area contributed by atoms with E-state index < -0.39 is 0 Å². The molecule has 1 aromatic carbocycles. The number of rotatable bonds is 9. The molecule has 7 nitrogen and oxygen atoms in total. The van der Waals surface area contributed by atoms with Crippen LogP contribution in [0.2, 0.25) is 0 Å². The molecule has 134 valence electrons. The van der Waals surface area contributed by atoms with Crippen LogP contribution in [0.25, 0.3) is 0 Å². The van der Waals surface area contributed by atoms with Gasteiger partial charge >= 0.3 is 0 Å². The monoisotopic (exact) mass is 346 g/mol. The average Bonchev–Trinajstić information content (AvgIpc) is 3.15. The Bertz CT molecular complexity index is 697. The number of hydrogen-bond acceptors (Lipinski definition) is 5. The first kappa shape index (κ1) is 18.4. The van der Waals surface area contributed by atoms with E-state index in [2.05, 4.69) is 10.6 Å². The average molecular weight is 346 g/mol. The molecule has 0 aliphatic heterocycles. The lowest BCUT2D eigenvalue weighted by Gasteiger charge is -2.12. The van der Waals surface area contributed by atoms with E-state index in [0.717, 1.165) is 0 Å². The molecule has 0 radical (unpaired) electrons. The second kappa shape index (κ2) is 9.36. The third-order valence-corrected chi connectivity index (χ3v) is 3.25. The SMILES string of the molecule is CCOc1ccc(C(=O)NCCNC(=O)c2ccco2)cc1OCC. The Hall–Kier alpha value is -2.96. The van der Waals surface area contributed by atoms with E-state index in [1.54, 1.807) is 30.3 Å². The quantitative estimate of drug-likeness (QED) is 0.680. The molecule has 7 heteroatoms. The van der Waals surface area contributed by atoms with Gasteiger partial charge in [-0.15, -0.1) is 0 Å². The Morgan fingerprint density at radius 3 is 2.28 bits per heavy atom. The smallest absolute Gasteiger partial charge is 0.287 e. The highest BCUT2D eigenvalue weighted by Crippen LogP contribution is 2.28. The van der Waals surface area contributed by atoms with E-state index in [0.29, 0.717) is 43.4 Å². The maximum atomic E-state index is 12.2. The van der Waals surface area contributed by atoms with Crippen molar-refractivity contribution in [3.63, 3.8) is 0 Å². The van der Waals surface area contributed by atoms with Crippen LogP contribution in [0.5, 0.6) is 11.5 Å². The predicted molar refractivity (Wildman–Crippen MR) is 92.2 cm³/mol. The summed E-state index contributed by atoms with van der Waals surface area (Å²) < 4.78 is 16.0. The van der Waals surface area contributed by atoms with E-state index in [4.69, 9.17) is 13.9 Å². The van der Waals surface area contributed by atoms with Gasteiger partial charge < -0.3 is 24.5 Å². The highest BCUT2D eigenvalue weighted by Gasteiger charge is 2.12. The van der Waals surface area contributed by atoms with Gasteiger partial charge in [0, 0.05) is 18.7 Å². The van der Waals surface area contributed by atoms with Crippen molar-refractivity contribution >= 4 is 11.8 Å². The van der Waals surface area contributed by atoms with Gasteiger partial charge in [0.25, 0.3) is 11.8 Å². The standard InChI is InChI=1S/C18H22N2O5/c1-3-23-14-8-7-13(12-16(14)24-4-2)17(21)19-9-10-20-18(22)15-6-5-11-25-15/h5-8,11-12H,3-4,9-10H2,1-2H3,(H,19,21)(H,20,22). The zero-order chi connectivity index (χ0) is 18.1. The highest BCUT2D eigenvalue weighted by atomic mass is 16.5. The Kier molecular flexibility index (Phi) is 6.88. The Balaban J connectivity index is 1.85. The minimum absolute atomic E-state index is 0.235. The van der Waals surface area contributed by atoms with Gasteiger partial charge in [0.15, 0.2) is 17.3 Å². The van der Waals surface area contributed by atoms with Gasteiger partial charge in [-0.1, -0.05) is 0 Å². The summed E-state index contributed by atoms with van der Waals surface area (Å²) in [6, 6.07) is 8.24. The van der Waals surface area contributed by atoms with Gasteiger partial charge in [-0.3, -0.25) is 9.59 Å². The summed E-state index contributed by atoms with van der Waals surface area (Å²) in [5.41, 5.74) is 0.462. The van der Waals surface area contributed by atoms with Gasteiger partial charge in [-0.05, 0) is 44.2 Å². The molecule has 0 saturated carbocycles. The van der Waals surface area contributed by atoms with Crippen molar-refractivity contribution < 1.29 is 23.5 Å². The first-order valence-corrected chi connectivity index (χ1v) is 8.15. The molecule has 0 bridgehead atoms. The molecular formula is C18H22N2O5. The molecular weight excluding hydrogens is 324 g/mol. The van der Waals surface area contributed by atoms with Gasteiger partial charge in [0.2, 0.25) is 0 Å². The fourth-order valence-corrected chi connectivity index (χ4v) is 2.14. The van der Waals surface area contributed by atoms with E-state index in [1.165, 1.54) is 6.26 Å². The topological polar surface area (TPSA) is 89.8 Å². The first-order valence-electron chi connectivity index (χ1n) is 8.15. The van der Waals surface area contributed by atoms with Crippen molar-refractivity contribution in [3.05, 3.63) is 47.9 Å². The maximum Gasteiger partial charge on any atom is 0.287 e. The molecule has 0 aliphatic rings. The summed E-state index contributed by atoms with van der Waals surface area (Å²) in [6.07, 6.45) is 1.43. The number of hydrogen-bond donors (Lipinski definition) is 2. The van der Waals surface area contributed by atoms with Gasteiger partial charge in [0.1, 0.15) is 0 Å². The van der Waals surface area contributed by atoms with Crippen LogP contribution in [-0.2, 0) is 0 Å². The zero-order valence-electron chi connectivity index (χ0n) is 14.3. The molecule has 2 N–H and O–H groups in total. The number of carbonyl (C=O) groups excluding carboxylic acids is 2. The van der Waals surface area contributed by atoms with Crippen LogP contribution in [0.3, 0.4) is 0 Å². The van der Waals surface area contributed by atoms with E-state index in [1.807, 2.05) is 13.8 Å². The number of amides is 2. The minimum atomic E-state index is -0.320. The highest BCUT2D eigenvalue weighted by molar-refractivity contribution is 5.95. The Morgan fingerprint density at radius 1 is 0.960 bits per heavy atom. The molecule has 2 aromatic rings.